The highest BCUT2D eigenvalue weighted by molar-refractivity contribution is 9.10. The summed E-state index contributed by atoms with van der Waals surface area (Å²) >= 11 is 3.28. The Hall–Kier alpha value is -2.83. The summed E-state index contributed by atoms with van der Waals surface area (Å²) in [6, 6.07) is 4.97. The lowest BCUT2D eigenvalue weighted by molar-refractivity contribution is 0.0601. The second kappa shape index (κ2) is 9.60. The Labute approximate surface area is 159 Å². The van der Waals surface area contributed by atoms with Crippen LogP contribution >= 0.6 is 15.9 Å². The van der Waals surface area contributed by atoms with Gasteiger partial charge < -0.3 is 25.2 Å². The fourth-order valence-corrected chi connectivity index (χ4v) is 2.30. The van der Waals surface area contributed by atoms with Crippen molar-refractivity contribution in [1.82, 2.24) is 9.97 Å². The number of ether oxygens (including phenoxy) is 2. The molecule has 1 aromatic carbocycles. The van der Waals surface area contributed by atoms with Crippen LogP contribution in [-0.2, 0) is 4.74 Å². The Morgan fingerprint density at radius 3 is 2.85 bits per heavy atom. The van der Waals surface area contributed by atoms with Crippen molar-refractivity contribution >= 4 is 39.2 Å². The number of hydrogen-bond donors (Lipinski definition) is 3. The summed E-state index contributed by atoms with van der Waals surface area (Å²) in [5, 5.41) is 15.0. The van der Waals surface area contributed by atoms with E-state index in [1.165, 1.54) is 13.3 Å². The molecule has 0 amide bonds. The van der Waals surface area contributed by atoms with Crippen LogP contribution in [0.2, 0.25) is 0 Å². The van der Waals surface area contributed by atoms with Crippen LogP contribution in [-0.4, -0.2) is 47.9 Å². The lowest BCUT2D eigenvalue weighted by Crippen LogP contribution is -2.09. The number of aliphatic hydroxyl groups is 1. The number of hydrogen-bond acceptors (Lipinski definition) is 8. The summed E-state index contributed by atoms with van der Waals surface area (Å²) < 4.78 is 10.7. The molecule has 1 aromatic heterocycles. The summed E-state index contributed by atoms with van der Waals surface area (Å²) in [4.78, 5) is 20.2. The van der Waals surface area contributed by atoms with Gasteiger partial charge in [0.05, 0.1) is 29.9 Å². The van der Waals surface area contributed by atoms with Crippen molar-refractivity contribution in [2.45, 2.75) is 0 Å². The maximum atomic E-state index is 11.9. The molecule has 26 heavy (non-hydrogen) atoms. The number of nitrogens with zero attached hydrogens (tertiary/aromatic N) is 2. The molecular formula is C17H17BrN4O4. The maximum absolute atomic E-state index is 11.9. The van der Waals surface area contributed by atoms with E-state index in [1.54, 1.807) is 18.2 Å². The smallest absolute Gasteiger partial charge is 0.337 e. The summed E-state index contributed by atoms with van der Waals surface area (Å²) in [7, 11) is 1.30. The molecule has 0 aliphatic rings. The monoisotopic (exact) mass is 420 g/mol. The second-order valence-corrected chi connectivity index (χ2v) is 5.76. The highest BCUT2D eigenvalue weighted by Gasteiger charge is 2.11. The molecule has 0 aliphatic carbocycles. The third-order valence-corrected chi connectivity index (χ3v) is 3.60. The molecular weight excluding hydrogens is 404 g/mol. The Kier molecular flexibility index (Phi) is 7.20. The molecule has 0 aliphatic heterocycles. The van der Waals surface area contributed by atoms with Crippen LogP contribution in [0.15, 0.2) is 28.9 Å². The van der Waals surface area contributed by atoms with E-state index >= 15 is 0 Å². The average Bonchev–Trinajstić information content (AvgIpc) is 2.65. The molecule has 8 nitrogen and oxygen atoms in total. The van der Waals surface area contributed by atoms with E-state index in [-0.39, 0.29) is 19.2 Å². The first kappa shape index (κ1) is 19.5. The van der Waals surface area contributed by atoms with Crippen molar-refractivity contribution < 1.29 is 19.4 Å². The summed E-state index contributed by atoms with van der Waals surface area (Å²) in [5.74, 6) is 2.43. The molecule has 0 bridgehead atoms. The van der Waals surface area contributed by atoms with Crippen molar-refractivity contribution in [2.24, 2.45) is 0 Å². The first-order valence-electron chi connectivity index (χ1n) is 7.51. The maximum Gasteiger partial charge on any atom is 0.337 e. The van der Waals surface area contributed by atoms with Gasteiger partial charge in [-0.15, -0.1) is 6.42 Å². The Morgan fingerprint density at radius 1 is 1.38 bits per heavy atom. The van der Waals surface area contributed by atoms with Gasteiger partial charge in [-0.25, -0.2) is 9.78 Å². The van der Waals surface area contributed by atoms with Crippen LogP contribution in [0.5, 0.6) is 5.88 Å². The Morgan fingerprint density at radius 2 is 2.15 bits per heavy atom. The minimum Gasteiger partial charge on any atom is -0.465 e. The average molecular weight is 421 g/mol. The number of carbonyl (C=O) groups is 1. The van der Waals surface area contributed by atoms with Gasteiger partial charge in [0.1, 0.15) is 0 Å². The molecule has 0 unspecified atom stereocenters. The zero-order chi connectivity index (χ0) is 18.9. The van der Waals surface area contributed by atoms with E-state index in [0.717, 1.165) is 0 Å². The number of aliphatic hydroxyl groups excluding tert-OH is 1. The van der Waals surface area contributed by atoms with E-state index in [1.807, 2.05) is 0 Å². The van der Waals surface area contributed by atoms with Gasteiger partial charge in [0.15, 0.2) is 6.61 Å². The zero-order valence-electron chi connectivity index (χ0n) is 14.0. The van der Waals surface area contributed by atoms with Crippen molar-refractivity contribution in [3.8, 4) is 18.2 Å². The van der Waals surface area contributed by atoms with Gasteiger partial charge in [-0.3, -0.25) is 0 Å². The molecule has 0 atom stereocenters. The quantitative estimate of drug-likeness (QED) is 0.440. The number of aromatic nitrogens is 2. The van der Waals surface area contributed by atoms with Gasteiger partial charge in [0, 0.05) is 17.9 Å². The predicted molar refractivity (Wildman–Crippen MR) is 101 cm³/mol. The van der Waals surface area contributed by atoms with Crippen LogP contribution in [0.1, 0.15) is 10.4 Å². The van der Waals surface area contributed by atoms with E-state index in [0.29, 0.717) is 33.8 Å². The number of terminal acetylenes is 1. The molecule has 0 saturated carbocycles. The van der Waals surface area contributed by atoms with Gasteiger partial charge in [0.25, 0.3) is 0 Å². The van der Waals surface area contributed by atoms with Crippen molar-refractivity contribution in [2.75, 3.05) is 37.5 Å². The molecule has 3 N–H and O–H groups in total. The largest absolute Gasteiger partial charge is 0.465 e. The molecule has 0 radical (unpaired) electrons. The number of anilines is 3. The molecule has 1 heterocycles. The molecule has 0 saturated heterocycles. The van der Waals surface area contributed by atoms with Gasteiger partial charge in [-0.1, -0.05) is 5.92 Å². The molecule has 2 rings (SSSR count). The highest BCUT2D eigenvalue weighted by atomic mass is 79.9. The van der Waals surface area contributed by atoms with Crippen molar-refractivity contribution in [1.29, 1.82) is 0 Å². The zero-order valence-corrected chi connectivity index (χ0v) is 15.5. The first-order valence-corrected chi connectivity index (χ1v) is 8.30. The number of carbonyl (C=O) groups excluding carboxylic acids is 1. The predicted octanol–water partition coefficient (Wildman–Crippen LogP) is 2.19. The molecule has 2 aromatic rings. The summed E-state index contributed by atoms with van der Waals surface area (Å²) in [6.45, 7) is 0.363. The fourth-order valence-electron chi connectivity index (χ4n) is 1.99. The molecule has 9 heteroatoms. The number of benzene rings is 1. The number of rotatable bonds is 8. The van der Waals surface area contributed by atoms with Crippen molar-refractivity contribution in [3.63, 3.8) is 0 Å². The van der Waals surface area contributed by atoms with Gasteiger partial charge in [0.2, 0.25) is 11.8 Å². The molecule has 0 spiro atoms. The van der Waals surface area contributed by atoms with E-state index in [2.05, 4.69) is 42.5 Å². The van der Waals surface area contributed by atoms with Crippen molar-refractivity contribution in [3.05, 3.63) is 34.4 Å². The van der Waals surface area contributed by atoms with Gasteiger partial charge >= 0.3 is 5.97 Å². The Balaban J connectivity index is 2.29. The Bertz CT molecular complexity index is 823. The van der Waals surface area contributed by atoms with Crippen LogP contribution in [0, 0.1) is 12.3 Å². The van der Waals surface area contributed by atoms with E-state index in [4.69, 9.17) is 21.0 Å². The van der Waals surface area contributed by atoms with Crippen LogP contribution in [0.4, 0.5) is 17.3 Å². The van der Waals surface area contributed by atoms with E-state index < -0.39 is 5.97 Å². The molecule has 0 fully saturated rings. The lowest BCUT2D eigenvalue weighted by atomic mass is 10.1. The lowest BCUT2D eigenvalue weighted by Gasteiger charge is -2.12. The second-order valence-electron chi connectivity index (χ2n) is 4.91. The third kappa shape index (κ3) is 5.34. The first-order chi connectivity index (χ1) is 12.6. The number of methoxy groups -OCH3 is 1. The number of halogens is 1. The van der Waals surface area contributed by atoms with Crippen LogP contribution in [0.3, 0.4) is 0 Å². The fraction of sp³-hybridized carbons (Fsp3) is 0.235. The number of nitrogens with one attached hydrogen (secondary N) is 2. The minimum absolute atomic E-state index is 0.0447. The van der Waals surface area contributed by atoms with Gasteiger partial charge in [-0.05, 0) is 34.1 Å². The topological polar surface area (TPSA) is 106 Å². The van der Waals surface area contributed by atoms with E-state index in [9.17, 15) is 4.79 Å². The van der Waals surface area contributed by atoms with Crippen LogP contribution < -0.4 is 15.4 Å². The SMILES string of the molecule is C#CCOc1nc(Nc2cc(NCCO)cc(C(=O)OC)c2)ncc1Br. The minimum atomic E-state index is -0.490. The standard InChI is InChI=1S/C17H17BrN4O4/c1-3-6-26-15-14(18)10-20-17(22-15)21-13-8-11(16(24)25-2)7-12(9-13)19-4-5-23/h1,7-10,19,23H,4-6H2,2H3,(H,20,21,22). The molecule has 136 valence electrons. The third-order valence-electron chi connectivity index (χ3n) is 3.06. The summed E-state index contributed by atoms with van der Waals surface area (Å²) in [5.41, 5.74) is 1.52. The highest BCUT2D eigenvalue weighted by Crippen LogP contribution is 2.26. The van der Waals surface area contributed by atoms with Crippen LogP contribution in [0.25, 0.3) is 0 Å². The normalized spacial score (nSPS) is 9.92. The summed E-state index contributed by atoms with van der Waals surface area (Å²) in [6.07, 6.45) is 6.71. The number of esters is 1. The van der Waals surface area contributed by atoms with Gasteiger partial charge in [-0.2, -0.15) is 4.98 Å².